The summed E-state index contributed by atoms with van der Waals surface area (Å²) >= 11 is 0. The monoisotopic (exact) mass is 224 g/mol. The highest BCUT2D eigenvalue weighted by molar-refractivity contribution is 5.02. The highest BCUT2D eigenvalue weighted by Crippen LogP contribution is 2.11. The Morgan fingerprint density at radius 1 is 1.44 bits per heavy atom. The third kappa shape index (κ3) is 3.33. The minimum atomic E-state index is 0.288. The highest BCUT2D eigenvalue weighted by Gasteiger charge is 2.11. The van der Waals surface area contributed by atoms with Crippen molar-refractivity contribution in [3.63, 3.8) is 0 Å². The molecule has 1 fully saturated rings. The zero-order valence-corrected chi connectivity index (χ0v) is 9.82. The zero-order chi connectivity index (χ0) is 11.2. The molecule has 0 unspecified atom stereocenters. The largest absolute Gasteiger partial charge is 0.468 e. The first-order valence-corrected chi connectivity index (χ1v) is 5.93. The second-order valence-corrected chi connectivity index (χ2v) is 4.15. The molecule has 1 saturated heterocycles. The molecular formula is C12H20N2O2. The summed E-state index contributed by atoms with van der Waals surface area (Å²) in [5, 5.41) is 3.46. The van der Waals surface area contributed by atoms with E-state index in [1.54, 1.807) is 6.26 Å². The van der Waals surface area contributed by atoms with Gasteiger partial charge in [-0.1, -0.05) is 0 Å². The van der Waals surface area contributed by atoms with Crippen molar-refractivity contribution in [1.29, 1.82) is 0 Å². The summed E-state index contributed by atoms with van der Waals surface area (Å²) in [6.45, 7) is 8.03. The van der Waals surface area contributed by atoms with Crippen LogP contribution in [0.3, 0.4) is 0 Å². The lowest BCUT2D eigenvalue weighted by atomic mass is 10.2. The van der Waals surface area contributed by atoms with Crippen molar-refractivity contribution in [2.24, 2.45) is 0 Å². The van der Waals surface area contributed by atoms with Crippen LogP contribution in [0.2, 0.25) is 0 Å². The van der Waals surface area contributed by atoms with E-state index in [4.69, 9.17) is 9.15 Å². The van der Waals surface area contributed by atoms with Crippen molar-refractivity contribution in [1.82, 2.24) is 10.2 Å². The Morgan fingerprint density at radius 3 is 2.94 bits per heavy atom. The van der Waals surface area contributed by atoms with Gasteiger partial charge in [0.25, 0.3) is 0 Å². The Balaban J connectivity index is 1.63. The van der Waals surface area contributed by atoms with Crippen LogP contribution in [0.4, 0.5) is 0 Å². The van der Waals surface area contributed by atoms with E-state index in [0.717, 1.165) is 45.2 Å². The lowest BCUT2D eigenvalue weighted by molar-refractivity contribution is 0.0381. The Hall–Kier alpha value is -0.840. The Morgan fingerprint density at radius 2 is 2.25 bits per heavy atom. The van der Waals surface area contributed by atoms with Crippen molar-refractivity contribution < 1.29 is 9.15 Å². The van der Waals surface area contributed by atoms with E-state index in [-0.39, 0.29) is 6.04 Å². The number of hydrogen-bond donors (Lipinski definition) is 1. The van der Waals surface area contributed by atoms with E-state index in [1.807, 2.05) is 12.1 Å². The van der Waals surface area contributed by atoms with Gasteiger partial charge in [-0.3, -0.25) is 4.90 Å². The van der Waals surface area contributed by atoms with Gasteiger partial charge in [0.05, 0.1) is 25.5 Å². The van der Waals surface area contributed by atoms with Crippen LogP contribution in [-0.2, 0) is 4.74 Å². The molecule has 0 aromatic carbocycles. The molecule has 1 aliphatic heterocycles. The van der Waals surface area contributed by atoms with Gasteiger partial charge in [0.1, 0.15) is 5.76 Å². The van der Waals surface area contributed by atoms with Crippen LogP contribution < -0.4 is 5.32 Å². The molecule has 1 aromatic rings. The standard InChI is InChI=1S/C12H20N2O2/c1-11(12-3-2-8-16-12)13-4-5-14-6-9-15-10-7-14/h2-3,8,11,13H,4-7,9-10H2,1H3/t11-/m1/s1. The Kier molecular flexibility index (Phi) is 4.39. The molecule has 4 nitrogen and oxygen atoms in total. The second-order valence-electron chi connectivity index (χ2n) is 4.15. The van der Waals surface area contributed by atoms with Crippen LogP contribution in [0.15, 0.2) is 22.8 Å². The average Bonchev–Trinajstić information content (AvgIpc) is 2.84. The van der Waals surface area contributed by atoms with Gasteiger partial charge in [-0.25, -0.2) is 0 Å². The predicted octanol–water partition coefficient (Wildman–Crippen LogP) is 1.26. The molecule has 0 saturated carbocycles. The van der Waals surface area contributed by atoms with Crippen LogP contribution in [0, 0.1) is 0 Å². The van der Waals surface area contributed by atoms with Crippen LogP contribution in [0.5, 0.6) is 0 Å². The first-order valence-electron chi connectivity index (χ1n) is 5.93. The number of nitrogens with one attached hydrogen (secondary N) is 1. The van der Waals surface area contributed by atoms with E-state index < -0.39 is 0 Å². The second kappa shape index (κ2) is 6.03. The molecule has 1 N–H and O–H groups in total. The van der Waals surface area contributed by atoms with Crippen molar-refractivity contribution in [3.05, 3.63) is 24.2 Å². The van der Waals surface area contributed by atoms with Crippen molar-refractivity contribution >= 4 is 0 Å². The fourth-order valence-electron chi connectivity index (χ4n) is 1.90. The summed E-state index contributed by atoms with van der Waals surface area (Å²) in [6, 6.07) is 4.22. The van der Waals surface area contributed by atoms with Gasteiger partial charge in [-0.15, -0.1) is 0 Å². The fourth-order valence-corrected chi connectivity index (χ4v) is 1.90. The summed E-state index contributed by atoms with van der Waals surface area (Å²) in [5.74, 6) is 1.00. The summed E-state index contributed by atoms with van der Waals surface area (Å²) < 4.78 is 10.7. The molecule has 90 valence electrons. The molecule has 0 aliphatic carbocycles. The summed E-state index contributed by atoms with van der Waals surface area (Å²) in [6.07, 6.45) is 1.72. The fraction of sp³-hybridized carbons (Fsp3) is 0.667. The molecule has 4 heteroatoms. The normalized spacial score (nSPS) is 19.8. The van der Waals surface area contributed by atoms with Crippen molar-refractivity contribution in [2.45, 2.75) is 13.0 Å². The number of morpholine rings is 1. The smallest absolute Gasteiger partial charge is 0.120 e. The number of hydrogen-bond acceptors (Lipinski definition) is 4. The molecule has 2 heterocycles. The Labute approximate surface area is 96.6 Å². The third-order valence-electron chi connectivity index (χ3n) is 2.95. The number of nitrogens with zero attached hydrogens (tertiary/aromatic N) is 1. The molecule has 2 rings (SSSR count). The predicted molar refractivity (Wildman–Crippen MR) is 62.4 cm³/mol. The zero-order valence-electron chi connectivity index (χ0n) is 9.82. The molecular weight excluding hydrogens is 204 g/mol. The summed E-state index contributed by atoms with van der Waals surface area (Å²) in [4.78, 5) is 2.42. The van der Waals surface area contributed by atoms with E-state index in [2.05, 4.69) is 17.1 Å². The van der Waals surface area contributed by atoms with Crippen LogP contribution in [0.25, 0.3) is 0 Å². The quantitative estimate of drug-likeness (QED) is 0.817. The average molecular weight is 224 g/mol. The van der Waals surface area contributed by atoms with Gasteiger partial charge < -0.3 is 14.5 Å². The lowest BCUT2D eigenvalue weighted by Crippen LogP contribution is -2.40. The molecule has 0 spiro atoms. The molecule has 0 amide bonds. The highest BCUT2D eigenvalue weighted by atomic mass is 16.5. The van der Waals surface area contributed by atoms with Crippen LogP contribution in [0.1, 0.15) is 18.7 Å². The van der Waals surface area contributed by atoms with Gasteiger partial charge in [0, 0.05) is 26.2 Å². The van der Waals surface area contributed by atoms with Crippen molar-refractivity contribution in [2.75, 3.05) is 39.4 Å². The van der Waals surface area contributed by atoms with Crippen LogP contribution in [-0.4, -0.2) is 44.3 Å². The van der Waals surface area contributed by atoms with E-state index in [1.165, 1.54) is 0 Å². The van der Waals surface area contributed by atoms with E-state index >= 15 is 0 Å². The van der Waals surface area contributed by atoms with Crippen molar-refractivity contribution in [3.8, 4) is 0 Å². The summed E-state index contributed by atoms with van der Waals surface area (Å²) in [7, 11) is 0. The van der Waals surface area contributed by atoms with Gasteiger partial charge in [0.15, 0.2) is 0 Å². The Bertz CT molecular complexity index is 281. The van der Waals surface area contributed by atoms with Gasteiger partial charge in [0.2, 0.25) is 0 Å². The molecule has 1 aromatic heterocycles. The summed E-state index contributed by atoms with van der Waals surface area (Å²) in [5.41, 5.74) is 0. The maximum absolute atomic E-state index is 5.34. The number of ether oxygens (including phenoxy) is 1. The first kappa shape index (κ1) is 11.6. The maximum Gasteiger partial charge on any atom is 0.120 e. The van der Waals surface area contributed by atoms with E-state index in [0.29, 0.717) is 0 Å². The molecule has 0 radical (unpaired) electrons. The van der Waals surface area contributed by atoms with E-state index in [9.17, 15) is 0 Å². The lowest BCUT2D eigenvalue weighted by Gasteiger charge is -2.27. The topological polar surface area (TPSA) is 37.6 Å². The molecule has 1 atom stereocenters. The first-order chi connectivity index (χ1) is 7.86. The van der Waals surface area contributed by atoms with Gasteiger partial charge in [-0.2, -0.15) is 0 Å². The van der Waals surface area contributed by atoms with Gasteiger partial charge >= 0.3 is 0 Å². The SMILES string of the molecule is C[C@@H](NCCN1CCOCC1)c1ccco1. The molecule has 0 bridgehead atoms. The van der Waals surface area contributed by atoms with Gasteiger partial charge in [-0.05, 0) is 19.1 Å². The minimum Gasteiger partial charge on any atom is -0.468 e. The minimum absolute atomic E-state index is 0.288. The maximum atomic E-state index is 5.34. The number of rotatable bonds is 5. The third-order valence-corrected chi connectivity index (χ3v) is 2.95. The molecule has 16 heavy (non-hydrogen) atoms. The number of furan rings is 1. The molecule has 1 aliphatic rings. The van der Waals surface area contributed by atoms with Crippen LogP contribution >= 0.6 is 0 Å².